The van der Waals surface area contributed by atoms with Crippen molar-refractivity contribution in [2.45, 2.75) is 0 Å². The van der Waals surface area contributed by atoms with Crippen molar-refractivity contribution in [3.8, 4) is 0 Å². The number of esters is 1. The van der Waals surface area contributed by atoms with Crippen LogP contribution in [0.1, 0.15) is 5.56 Å². The number of hydrogen-bond acceptors (Lipinski definition) is 6. The zero-order valence-electron chi connectivity index (χ0n) is 9.03. The van der Waals surface area contributed by atoms with Crippen LogP contribution in [0.3, 0.4) is 0 Å². The van der Waals surface area contributed by atoms with Crippen LogP contribution in [-0.4, -0.2) is 30.8 Å². The summed E-state index contributed by atoms with van der Waals surface area (Å²) in [5, 5.41) is 14.0. The minimum absolute atomic E-state index is 0.0399. The van der Waals surface area contributed by atoms with Crippen LogP contribution in [0, 0.1) is 10.1 Å². The van der Waals surface area contributed by atoms with Crippen LogP contribution < -0.4 is 0 Å². The van der Waals surface area contributed by atoms with Gasteiger partial charge in [0.25, 0.3) is 5.69 Å². The molecule has 0 bridgehead atoms. The maximum absolute atomic E-state index is 10.7. The van der Waals surface area contributed by atoms with E-state index >= 15 is 0 Å². The minimum Gasteiger partial charge on any atom is -0.466 e. The molecule has 1 aromatic carbocycles. The second-order valence-electron chi connectivity index (χ2n) is 2.94. The van der Waals surface area contributed by atoms with E-state index in [0.29, 0.717) is 5.56 Å². The fraction of sp³-hybridized carbons (Fsp3) is 0.200. The fourth-order valence-corrected chi connectivity index (χ4v) is 0.966. The summed E-state index contributed by atoms with van der Waals surface area (Å²) in [6.07, 6.45) is 1.27. The smallest absolute Gasteiger partial charge is 0.346 e. The Bertz CT molecular complexity index is 444. The molecule has 7 nitrogen and oxygen atoms in total. The largest absolute Gasteiger partial charge is 0.466 e. The maximum Gasteiger partial charge on any atom is 0.346 e. The number of hydrogen-bond donors (Lipinski definition) is 0. The van der Waals surface area contributed by atoms with Crippen LogP contribution in [0.25, 0.3) is 0 Å². The van der Waals surface area contributed by atoms with Crippen LogP contribution in [0.4, 0.5) is 5.69 Å². The van der Waals surface area contributed by atoms with Gasteiger partial charge < -0.3 is 9.57 Å². The predicted octanol–water partition coefficient (Wildman–Crippen LogP) is 1.12. The number of nitro groups is 1. The third kappa shape index (κ3) is 4.29. The minimum atomic E-state index is -0.554. The zero-order chi connectivity index (χ0) is 12.7. The molecule has 1 aromatic rings. The normalized spacial score (nSPS) is 10.2. The number of rotatable bonds is 5. The molecule has 0 aliphatic carbocycles. The van der Waals surface area contributed by atoms with Crippen LogP contribution in [0.5, 0.6) is 0 Å². The van der Waals surface area contributed by atoms with Gasteiger partial charge in [0.1, 0.15) is 0 Å². The lowest BCUT2D eigenvalue weighted by molar-refractivity contribution is -0.384. The van der Waals surface area contributed by atoms with E-state index in [2.05, 4.69) is 14.7 Å². The topological polar surface area (TPSA) is 91.0 Å². The summed E-state index contributed by atoms with van der Waals surface area (Å²) in [5.74, 6) is -0.554. The summed E-state index contributed by atoms with van der Waals surface area (Å²) in [6, 6.07) is 5.86. The highest BCUT2D eigenvalue weighted by molar-refractivity contribution is 5.80. The molecule has 0 atom stereocenters. The summed E-state index contributed by atoms with van der Waals surface area (Å²) in [4.78, 5) is 25.2. The van der Waals surface area contributed by atoms with Gasteiger partial charge in [-0.2, -0.15) is 0 Å². The van der Waals surface area contributed by atoms with Gasteiger partial charge in [-0.1, -0.05) is 17.3 Å². The van der Waals surface area contributed by atoms with E-state index in [4.69, 9.17) is 0 Å². The Morgan fingerprint density at radius 3 is 3.00 bits per heavy atom. The number of methoxy groups -OCH3 is 1. The summed E-state index contributed by atoms with van der Waals surface area (Å²) in [5.41, 5.74) is 0.464. The summed E-state index contributed by atoms with van der Waals surface area (Å²) in [7, 11) is 1.23. The van der Waals surface area contributed by atoms with Gasteiger partial charge >= 0.3 is 5.97 Å². The Morgan fingerprint density at radius 2 is 2.35 bits per heavy atom. The number of carbonyl (C=O) groups is 1. The third-order valence-electron chi connectivity index (χ3n) is 1.77. The number of ether oxygens (including phenoxy) is 1. The molecule has 0 N–H and O–H groups in total. The molecule has 90 valence electrons. The van der Waals surface area contributed by atoms with Gasteiger partial charge in [0, 0.05) is 17.7 Å². The van der Waals surface area contributed by atoms with Crippen molar-refractivity contribution in [3.63, 3.8) is 0 Å². The van der Waals surface area contributed by atoms with Crippen LogP contribution in [-0.2, 0) is 14.4 Å². The van der Waals surface area contributed by atoms with Gasteiger partial charge in [0.05, 0.1) is 18.2 Å². The molecule has 0 fully saturated rings. The van der Waals surface area contributed by atoms with Crippen molar-refractivity contribution in [3.05, 3.63) is 39.9 Å². The predicted molar refractivity (Wildman–Crippen MR) is 58.7 cm³/mol. The number of nitrogens with zero attached hydrogens (tertiary/aromatic N) is 2. The SMILES string of the molecule is COC(=O)CO/N=C/c1cccc([N+](=O)[O-])c1. The molecule has 7 heteroatoms. The molecule has 0 saturated heterocycles. The second-order valence-corrected chi connectivity index (χ2v) is 2.94. The van der Waals surface area contributed by atoms with Crippen LogP contribution in [0.2, 0.25) is 0 Å². The molecule has 0 aliphatic rings. The van der Waals surface area contributed by atoms with Gasteiger partial charge in [-0.3, -0.25) is 10.1 Å². The first-order valence-electron chi connectivity index (χ1n) is 4.60. The Morgan fingerprint density at radius 1 is 1.59 bits per heavy atom. The molecule has 1 rings (SSSR count). The lowest BCUT2D eigenvalue weighted by Crippen LogP contribution is -2.07. The van der Waals surface area contributed by atoms with E-state index in [1.165, 1.54) is 31.5 Å². The first-order valence-corrected chi connectivity index (χ1v) is 4.60. The molecule has 0 radical (unpaired) electrons. The van der Waals surface area contributed by atoms with Crippen LogP contribution in [0.15, 0.2) is 29.4 Å². The summed E-state index contributed by atoms with van der Waals surface area (Å²) < 4.78 is 4.33. The Kier molecular flexibility index (Phi) is 4.61. The first kappa shape index (κ1) is 12.6. The van der Waals surface area contributed by atoms with E-state index in [9.17, 15) is 14.9 Å². The Balaban J connectivity index is 2.56. The molecule has 0 saturated carbocycles. The lowest BCUT2D eigenvalue weighted by Gasteiger charge is -1.97. The molecule has 0 aliphatic heterocycles. The van der Waals surface area contributed by atoms with E-state index in [1.54, 1.807) is 6.07 Å². The van der Waals surface area contributed by atoms with Gasteiger partial charge in [0.2, 0.25) is 6.61 Å². The van der Waals surface area contributed by atoms with Gasteiger partial charge in [-0.25, -0.2) is 4.79 Å². The Labute approximate surface area is 96.8 Å². The molecule has 17 heavy (non-hydrogen) atoms. The molecule has 0 spiro atoms. The van der Waals surface area contributed by atoms with E-state index in [1.807, 2.05) is 0 Å². The van der Waals surface area contributed by atoms with Gasteiger partial charge in [-0.05, 0) is 0 Å². The molecule has 0 heterocycles. The number of benzene rings is 1. The molecule has 0 aromatic heterocycles. The summed E-state index contributed by atoms with van der Waals surface area (Å²) >= 11 is 0. The number of carbonyl (C=O) groups excluding carboxylic acids is 1. The monoisotopic (exact) mass is 238 g/mol. The standard InChI is InChI=1S/C10H10N2O5/c1-16-10(13)7-17-11-6-8-3-2-4-9(5-8)12(14)15/h2-6H,7H2,1H3/b11-6+. The Hall–Kier alpha value is -2.44. The highest BCUT2D eigenvalue weighted by Gasteiger charge is 2.04. The molecule has 0 amide bonds. The van der Waals surface area contributed by atoms with E-state index < -0.39 is 10.9 Å². The average Bonchev–Trinajstić information content (AvgIpc) is 2.34. The van der Waals surface area contributed by atoms with E-state index in [0.717, 1.165) is 0 Å². The second kappa shape index (κ2) is 6.21. The van der Waals surface area contributed by atoms with Crippen molar-refractivity contribution in [2.75, 3.05) is 13.7 Å². The van der Waals surface area contributed by atoms with Crippen molar-refractivity contribution >= 4 is 17.9 Å². The van der Waals surface area contributed by atoms with Crippen LogP contribution >= 0.6 is 0 Å². The number of nitro benzene ring substituents is 1. The summed E-state index contributed by atoms with van der Waals surface area (Å²) in [6.45, 7) is -0.304. The quantitative estimate of drug-likeness (QED) is 0.331. The molecular weight excluding hydrogens is 228 g/mol. The van der Waals surface area contributed by atoms with Gasteiger partial charge in [0.15, 0.2) is 0 Å². The highest BCUT2D eigenvalue weighted by atomic mass is 16.6. The fourth-order valence-electron chi connectivity index (χ4n) is 0.966. The van der Waals surface area contributed by atoms with Crippen molar-refractivity contribution in [1.82, 2.24) is 0 Å². The third-order valence-corrected chi connectivity index (χ3v) is 1.77. The lowest BCUT2D eigenvalue weighted by atomic mass is 10.2. The first-order chi connectivity index (χ1) is 8.13. The van der Waals surface area contributed by atoms with Crippen molar-refractivity contribution in [2.24, 2.45) is 5.16 Å². The molecular formula is C10H10N2O5. The van der Waals surface area contributed by atoms with Crippen molar-refractivity contribution < 1.29 is 19.3 Å². The average molecular weight is 238 g/mol. The van der Waals surface area contributed by atoms with E-state index in [-0.39, 0.29) is 12.3 Å². The van der Waals surface area contributed by atoms with Gasteiger partial charge in [-0.15, -0.1) is 0 Å². The number of non-ortho nitro benzene ring substituents is 1. The number of oxime groups is 1. The zero-order valence-corrected chi connectivity index (χ0v) is 9.03. The van der Waals surface area contributed by atoms with Crippen molar-refractivity contribution in [1.29, 1.82) is 0 Å². The maximum atomic E-state index is 10.7. The molecule has 0 unspecified atom stereocenters. The highest BCUT2D eigenvalue weighted by Crippen LogP contribution is 2.11.